The van der Waals surface area contributed by atoms with Gasteiger partial charge in [-0.2, -0.15) is 5.26 Å². The number of ether oxygens (including phenoxy) is 4. The molecule has 0 aliphatic carbocycles. The molecule has 1 atom stereocenters. The molecule has 1 unspecified atom stereocenters. The van der Waals surface area contributed by atoms with E-state index in [0.29, 0.717) is 40.7 Å². The Hall–Kier alpha value is -4.44. The fraction of sp³-hybridized carbons (Fsp3) is 0.154. The molecule has 1 aliphatic rings. The van der Waals surface area contributed by atoms with Gasteiger partial charge in [-0.3, -0.25) is 0 Å². The van der Waals surface area contributed by atoms with E-state index in [9.17, 15) is 10.1 Å². The molecule has 0 saturated carbocycles. The Kier molecular flexibility index (Phi) is 6.18. The Morgan fingerprint density at radius 2 is 1.82 bits per heavy atom. The molecule has 4 rings (SSSR count). The molecule has 7 nitrogen and oxygen atoms in total. The summed E-state index contributed by atoms with van der Waals surface area (Å²) < 4.78 is 22.0. The lowest BCUT2D eigenvalue weighted by atomic mass is 9.83. The number of carbonyl (C=O) groups excluding carboxylic acids is 1. The van der Waals surface area contributed by atoms with Gasteiger partial charge in [0.25, 0.3) is 0 Å². The second-order valence-electron chi connectivity index (χ2n) is 7.25. The van der Waals surface area contributed by atoms with Crippen LogP contribution in [0.15, 0.2) is 78.2 Å². The number of nitrogens with two attached hydrogens (primary N) is 1. The summed E-state index contributed by atoms with van der Waals surface area (Å²) in [6.45, 7) is 2.43. The van der Waals surface area contributed by atoms with Crippen LogP contribution in [-0.2, 0) is 0 Å². The summed E-state index contributed by atoms with van der Waals surface area (Å²) in [6, 6.07) is 21.3. The van der Waals surface area contributed by atoms with Gasteiger partial charge in [-0.1, -0.05) is 18.2 Å². The van der Waals surface area contributed by atoms with Gasteiger partial charge >= 0.3 is 5.97 Å². The third-order valence-electron chi connectivity index (χ3n) is 5.23. The third-order valence-corrected chi connectivity index (χ3v) is 5.23. The highest BCUT2D eigenvalue weighted by Crippen LogP contribution is 2.44. The van der Waals surface area contributed by atoms with Crippen LogP contribution in [0.2, 0.25) is 0 Å². The number of fused-ring (bicyclic) bond motifs is 1. The van der Waals surface area contributed by atoms with Crippen molar-refractivity contribution >= 4 is 5.97 Å². The van der Waals surface area contributed by atoms with Gasteiger partial charge in [0.1, 0.15) is 34.6 Å². The molecule has 3 aromatic rings. The van der Waals surface area contributed by atoms with Gasteiger partial charge < -0.3 is 24.7 Å². The lowest BCUT2D eigenvalue weighted by Gasteiger charge is -2.27. The van der Waals surface area contributed by atoms with E-state index in [4.69, 9.17) is 24.7 Å². The minimum atomic E-state index is -0.518. The maximum Gasteiger partial charge on any atom is 0.343 e. The van der Waals surface area contributed by atoms with Crippen LogP contribution in [0.5, 0.6) is 23.0 Å². The van der Waals surface area contributed by atoms with Crippen LogP contribution in [-0.4, -0.2) is 19.7 Å². The lowest BCUT2D eigenvalue weighted by molar-refractivity contribution is 0.0734. The molecule has 0 bridgehead atoms. The van der Waals surface area contributed by atoms with E-state index < -0.39 is 11.9 Å². The SMILES string of the molecule is CCOc1cccc(C2C(C#N)=C(N)Oc3cc(OC(=O)c4ccc(OC)cc4)ccc32)c1. The molecule has 0 aromatic heterocycles. The van der Waals surface area contributed by atoms with Gasteiger partial charge in [-0.15, -0.1) is 0 Å². The van der Waals surface area contributed by atoms with Gasteiger partial charge in [-0.05, 0) is 55.0 Å². The fourth-order valence-electron chi connectivity index (χ4n) is 3.69. The first-order chi connectivity index (χ1) is 16.0. The molecule has 33 heavy (non-hydrogen) atoms. The van der Waals surface area contributed by atoms with Crippen molar-refractivity contribution < 1.29 is 23.7 Å². The Balaban J connectivity index is 1.66. The highest BCUT2D eigenvalue weighted by molar-refractivity contribution is 5.91. The van der Waals surface area contributed by atoms with Crippen molar-refractivity contribution in [2.24, 2.45) is 5.73 Å². The Morgan fingerprint density at radius 1 is 1.06 bits per heavy atom. The summed E-state index contributed by atoms with van der Waals surface area (Å²) in [7, 11) is 1.55. The predicted molar refractivity (Wildman–Crippen MR) is 121 cm³/mol. The number of methoxy groups -OCH3 is 1. The molecule has 1 aliphatic heterocycles. The van der Waals surface area contributed by atoms with Crippen molar-refractivity contribution in [1.82, 2.24) is 0 Å². The highest BCUT2D eigenvalue weighted by atomic mass is 16.5. The van der Waals surface area contributed by atoms with Crippen molar-refractivity contribution in [1.29, 1.82) is 5.26 Å². The second kappa shape index (κ2) is 9.37. The molecule has 0 spiro atoms. The summed E-state index contributed by atoms with van der Waals surface area (Å²) >= 11 is 0. The Bertz CT molecular complexity index is 1260. The van der Waals surface area contributed by atoms with Crippen LogP contribution in [0.4, 0.5) is 0 Å². The summed E-state index contributed by atoms with van der Waals surface area (Å²) in [5.41, 5.74) is 8.34. The molecular formula is C26H22N2O5. The average molecular weight is 442 g/mol. The quantitative estimate of drug-likeness (QED) is 0.442. The number of allylic oxidation sites excluding steroid dienone is 1. The fourth-order valence-corrected chi connectivity index (χ4v) is 3.69. The van der Waals surface area contributed by atoms with Crippen molar-refractivity contribution in [3.8, 4) is 29.1 Å². The zero-order valence-electron chi connectivity index (χ0n) is 18.2. The number of hydrogen-bond donors (Lipinski definition) is 1. The van der Waals surface area contributed by atoms with Crippen molar-refractivity contribution in [3.05, 3.63) is 94.9 Å². The number of benzene rings is 3. The van der Waals surface area contributed by atoms with Crippen LogP contribution in [0.25, 0.3) is 0 Å². The molecule has 166 valence electrons. The van der Waals surface area contributed by atoms with E-state index in [-0.39, 0.29) is 5.88 Å². The molecule has 0 radical (unpaired) electrons. The van der Waals surface area contributed by atoms with Gasteiger partial charge in [0.2, 0.25) is 5.88 Å². The molecular weight excluding hydrogens is 420 g/mol. The number of esters is 1. The molecule has 0 amide bonds. The number of carbonyl (C=O) groups is 1. The number of nitriles is 1. The van der Waals surface area contributed by atoms with Crippen molar-refractivity contribution in [3.63, 3.8) is 0 Å². The maximum absolute atomic E-state index is 12.5. The van der Waals surface area contributed by atoms with E-state index in [1.54, 1.807) is 49.6 Å². The highest BCUT2D eigenvalue weighted by Gasteiger charge is 2.31. The zero-order chi connectivity index (χ0) is 23.4. The molecule has 0 saturated heterocycles. The van der Waals surface area contributed by atoms with E-state index in [2.05, 4.69) is 6.07 Å². The second-order valence-corrected chi connectivity index (χ2v) is 7.25. The smallest absolute Gasteiger partial charge is 0.343 e. The zero-order valence-corrected chi connectivity index (χ0v) is 18.2. The van der Waals surface area contributed by atoms with Crippen LogP contribution < -0.4 is 24.7 Å². The van der Waals surface area contributed by atoms with Crippen LogP contribution >= 0.6 is 0 Å². The number of nitrogens with zero attached hydrogens (tertiary/aromatic N) is 1. The topological polar surface area (TPSA) is 104 Å². The van der Waals surface area contributed by atoms with E-state index in [1.165, 1.54) is 0 Å². The minimum Gasteiger partial charge on any atom is -0.497 e. The van der Waals surface area contributed by atoms with Crippen LogP contribution in [0.1, 0.15) is 34.3 Å². The predicted octanol–water partition coefficient (Wildman–Crippen LogP) is 4.53. The molecule has 2 N–H and O–H groups in total. The van der Waals surface area contributed by atoms with Gasteiger partial charge in [0.15, 0.2) is 0 Å². The largest absolute Gasteiger partial charge is 0.497 e. The summed E-state index contributed by atoms with van der Waals surface area (Å²) in [5.74, 6) is 1.10. The van der Waals surface area contributed by atoms with Crippen LogP contribution in [0, 0.1) is 11.3 Å². The Morgan fingerprint density at radius 3 is 2.52 bits per heavy atom. The van der Waals surface area contributed by atoms with Crippen molar-refractivity contribution in [2.45, 2.75) is 12.8 Å². The Labute approximate surface area is 191 Å². The summed E-state index contributed by atoms with van der Waals surface area (Å²) in [5, 5.41) is 9.75. The molecule has 1 heterocycles. The molecule has 0 fully saturated rings. The van der Waals surface area contributed by atoms with Gasteiger partial charge in [0, 0.05) is 11.6 Å². The van der Waals surface area contributed by atoms with Gasteiger partial charge in [0.05, 0.1) is 25.2 Å². The number of rotatable bonds is 6. The first-order valence-corrected chi connectivity index (χ1v) is 10.3. The standard InChI is InChI=1S/C26H22N2O5/c1-3-31-19-6-4-5-17(13-19)24-21-12-11-20(14-23(21)33-25(28)22(24)15-27)32-26(29)16-7-9-18(30-2)10-8-16/h4-14,24H,3,28H2,1-2H3. The first kappa shape index (κ1) is 21.8. The third kappa shape index (κ3) is 4.46. The molecule has 7 heteroatoms. The normalized spacial score (nSPS) is 14.5. The maximum atomic E-state index is 12.5. The van der Waals surface area contributed by atoms with E-state index in [0.717, 1.165) is 11.1 Å². The summed E-state index contributed by atoms with van der Waals surface area (Å²) in [6.07, 6.45) is 0. The average Bonchev–Trinajstić information content (AvgIpc) is 2.83. The first-order valence-electron chi connectivity index (χ1n) is 10.3. The van der Waals surface area contributed by atoms with Crippen LogP contribution in [0.3, 0.4) is 0 Å². The van der Waals surface area contributed by atoms with E-state index >= 15 is 0 Å². The summed E-state index contributed by atoms with van der Waals surface area (Å²) in [4.78, 5) is 12.5. The van der Waals surface area contributed by atoms with E-state index in [1.807, 2.05) is 31.2 Å². The lowest BCUT2D eigenvalue weighted by Crippen LogP contribution is -2.21. The number of hydrogen-bond acceptors (Lipinski definition) is 7. The monoisotopic (exact) mass is 442 g/mol. The molecule has 3 aromatic carbocycles. The van der Waals surface area contributed by atoms with Gasteiger partial charge in [-0.25, -0.2) is 4.79 Å². The minimum absolute atomic E-state index is 0.00967. The van der Waals surface area contributed by atoms with Crippen molar-refractivity contribution in [2.75, 3.05) is 13.7 Å².